The monoisotopic (exact) mass is 453 g/mol. The van der Waals surface area contributed by atoms with E-state index in [0.717, 1.165) is 42.6 Å². The lowest BCUT2D eigenvalue weighted by Crippen LogP contribution is -2.17. The Hall–Kier alpha value is -3.36. The molecule has 168 valence electrons. The maximum absolute atomic E-state index is 13.6. The Balaban J connectivity index is 2.07. The zero-order valence-electron chi connectivity index (χ0n) is 16.7. The van der Waals surface area contributed by atoms with E-state index in [2.05, 4.69) is 4.98 Å². The highest BCUT2D eigenvalue weighted by Crippen LogP contribution is 2.39. The van der Waals surface area contributed by atoms with Gasteiger partial charge in [0.2, 0.25) is 0 Å². The van der Waals surface area contributed by atoms with Crippen molar-refractivity contribution in [1.82, 2.24) is 4.98 Å². The van der Waals surface area contributed by atoms with Crippen LogP contribution in [0.2, 0.25) is 0 Å². The molecule has 3 nitrogen and oxygen atoms in total. The summed E-state index contributed by atoms with van der Waals surface area (Å²) in [5.41, 5.74) is -2.13. The van der Waals surface area contributed by atoms with Crippen molar-refractivity contribution < 1.29 is 35.9 Å². The molecule has 32 heavy (non-hydrogen) atoms. The molecule has 3 rings (SSSR count). The first-order chi connectivity index (χ1) is 15.0. The molecular weight excluding hydrogens is 436 g/mol. The molecule has 1 atom stereocenters. The van der Waals surface area contributed by atoms with Gasteiger partial charge in [-0.15, -0.1) is 0 Å². The van der Waals surface area contributed by atoms with E-state index in [-0.39, 0.29) is 11.1 Å². The van der Waals surface area contributed by atoms with Gasteiger partial charge in [-0.05, 0) is 42.0 Å². The molecule has 3 aromatic rings. The fourth-order valence-electron chi connectivity index (χ4n) is 3.31. The molecule has 0 fully saturated rings. The number of benzene rings is 2. The molecule has 1 heterocycles. The summed E-state index contributed by atoms with van der Waals surface area (Å²) in [4.78, 5) is 16.8. The highest BCUT2D eigenvalue weighted by atomic mass is 19.4. The van der Waals surface area contributed by atoms with Crippen LogP contribution in [0.25, 0.3) is 0 Å². The van der Waals surface area contributed by atoms with Gasteiger partial charge in [0.1, 0.15) is 5.75 Å². The number of alkyl halides is 6. The first kappa shape index (κ1) is 23.3. The average molecular weight is 453 g/mol. The van der Waals surface area contributed by atoms with Crippen LogP contribution in [0, 0.1) is 0 Å². The molecule has 0 radical (unpaired) electrons. The second kappa shape index (κ2) is 9.02. The lowest BCUT2D eigenvalue weighted by atomic mass is 9.86. The van der Waals surface area contributed by atoms with E-state index in [1.807, 2.05) is 0 Å². The van der Waals surface area contributed by atoms with Gasteiger partial charge in [0.25, 0.3) is 0 Å². The molecule has 0 bridgehead atoms. The minimum Gasteiger partial charge on any atom is -0.497 e. The molecule has 9 heteroatoms. The summed E-state index contributed by atoms with van der Waals surface area (Å²) in [6.07, 6.45) is -8.64. The van der Waals surface area contributed by atoms with E-state index in [4.69, 9.17) is 4.74 Å². The van der Waals surface area contributed by atoms with Gasteiger partial charge < -0.3 is 4.74 Å². The van der Waals surface area contributed by atoms with E-state index < -0.39 is 47.3 Å². The fourth-order valence-corrected chi connectivity index (χ4v) is 3.31. The first-order valence-electron chi connectivity index (χ1n) is 9.37. The summed E-state index contributed by atoms with van der Waals surface area (Å²) >= 11 is 0. The summed E-state index contributed by atoms with van der Waals surface area (Å²) in [5, 5.41) is 0. The summed E-state index contributed by atoms with van der Waals surface area (Å²) in [6, 6.07) is 11.7. The van der Waals surface area contributed by atoms with Crippen LogP contribution in [0.3, 0.4) is 0 Å². The van der Waals surface area contributed by atoms with Gasteiger partial charge >= 0.3 is 12.4 Å². The molecule has 0 aliphatic carbocycles. The highest BCUT2D eigenvalue weighted by molar-refractivity contribution is 5.97. The Morgan fingerprint density at radius 1 is 0.938 bits per heavy atom. The molecule has 0 saturated heterocycles. The summed E-state index contributed by atoms with van der Waals surface area (Å²) < 4.78 is 84.7. The molecule has 0 unspecified atom stereocenters. The van der Waals surface area contributed by atoms with Gasteiger partial charge in [0, 0.05) is 24.1 Å². The second-order valence-electron chi connectivity index (χ2n) is 6.97. The zero-order chi connectivity index (χ0) is 23.5. The molecule has 0 saturated carbocycles. The van der Waals surface area contributed by atoms with Crippen molar-refractivity contribution in [3.63, 3.8) is 0 Å². The van der Waals surface area contributed by atoms with Crippen LogP contribution in [0.15, 0.2) is 66.9 Å². The Kier molecular flexibility index (Phi) is 6.57. The molecule has 0 amide bonds. The Bertz CT molecular complexity index is 1090. The van der Waals surface area contributed by atoms with Gasteiger partial charge in [-0.1, -0.05) is 24.3 Å². The van der Waals surface area contributed by atoms with Gasteiger partial charge in [0.15, 0.2) is 5.78 Å². The van der Waals surface area contributed by atoms with Crippen molar-refractivity contribution in [2.45, 2.75) is 24.7 Å². The number of rotatable bonds is 6. The smallest absolute Gasteiger partial charge is 0.418 e. The lowest BCUT2D eigenvalue weighted by molar-refractivity contribution is -0.139. The van der Waals surface area contributed by atoms with E-state index in [1.165, 1.54) is 19.2 Å². The molecule has 1 aromatic heterocycles. The van der Waals surface area contributed by atoms with Gasteiger partial charge in [0.05, 0.1) is 23.9 Å². The van der Waals surface area contributed by atoms with Crippen LogP contribution >= 0.6 is 0 Å². The predicted molar refractivity (Wildman–Crippen MR) is 104 cm³/mol. The quantitative estimate of drug-likeness (QED) is 0.315. The molecular formula is C23H17F6NO2. The number of Topliss-reactive ketones (excluding diaryl/α,β-unsaturated/α-hetero) is 1. The van der Waals surface area contributed by atoms with Crippen molar-refractivity contribution in [3.8, 4) is 5.75 Å². The molecule has 0 aliphatic heterocycles. The highest BCUT2D eigenvalue weighted by Gasteiger charge is 2.37. The Labute approximate surface area is 179 Å². The van der Waals surface area contributed by atoms with E-state index in [0.29, 0.717) is 5.75 Å². The number of halogens is 6. The number of hydrogen-bond acceptors (Lipinski definition) is 3. The van der Waals surface area contributed by atoms with Crippen LogP contribution in [-0.4, -0.2) is 17.9 Å². The van der Waals surface area contributed by atoms with Crippen molar-refractivity contribution in [2.75, 3.05) is 7.11 Å². The Morgan fingerprint density at radius 2 is 1.62 bits per heavy atom. The summed E-state index contributed by atoms with van der Waals surface area (Å²) in [7, 11) is 1.40. The normalized spacial score (nSPS) is 13.0. The maximum atomic E-state index is 13.6. The number of ketones is 1. The van der Waals surface area contributed by atoms with Crippen molar-refractivity contribution >= 4 is 5.78 Å². The van der Waals surface area contributed by atoms with Crippen LogP contribution in [-0.2, 0) is 12.4 Å². The third-order valence-electron chi connectivity index (χ3n) is 4.90. The number of aromatic nitrogens is 1. The van der Waals surface area contributed by atoms with Gasteiger partial charge in [-0.3, -0.25) is 9.78 Å². The number of carbonyl (C=O) groups is 1. The lowest BCUT2D eigenvalue weighted by Gasteiger charge is -2.21. The number of nitrogens with zero attached hydrogens (tertiary/aromatic N) is 1. The summed E-state index contributed by atoms with van der Waals surface area (Å²) in [6.45, 7) is 0. The van der Waals surface area contributed by atoms with Crippen LogP contribution < -0.4 is 4.74 Å². The fraction of sp³-hybridized carbons (Fsp3) is 0.217. The predicted octanol–water partition coefficient (Wildman–Crippen LogP) is 6.53. The number of ether oxygens (including phenoxy) is 1. The molecule has 0 aliphatic rings. The van der Waals surface area contributed by atoms with Crippen LogP contribution in [0.4, 0.5) is 26.3 Å². The molecule has 0 spiro atoms. The third-order valence-corrected chi connectivity index (χ3v) is 4.90. The van der Waals surface area contributed by atoms with Crippen molar-refractivity contribution in [1.29, 1.82) is 0 Å². The average Bonchev–Trinajstić information content (AvgIpc) is 2.76. The topological polar surface area (TPSA) is 39.2 Å². The van der Waals surface area contributed by atoms with E-state index >= 15 is 0 Å². The minimum atomic E-state index is -4.76. The summed E-state index contributed by atoms with van der Waals surface area (Å²) in [5.74, 6) is -1.34. The largest absolute Gasteiger partial charge is 0.497 e. The van der Waals surface area contributed by atoms with E-state index in [1.54, 1.807) is 12.1 Å². The minimum absolute atomic E-state index is 0.110. The molecule has 0 N–H and O–H groups in total. The van der Waals surface area contributed by atoms with Crippen LogP contribution in [0.1, 0.15) is 45.1 Å². The van der Waals surface area contributed by atoms with Gasteiger partial charge in [-0.2, -0.15) is 26.3 Å². The SMILES string of the molecule is COc1cccc(C(=O)C[C@@H](c2ccc(C(F)(F)F)cc2)c2ncccc2C(F)(F)F)c1. The second-order valence-corrected chi connectivity index (χ2v) is 6.97. The molecule has 2 aromatic carbocycles. The number of pyridine rings is 1. The Morgan fingerprint density at radius 3 is 2.22 bits per heavy atom. The standard InChI is InChI=1S/C23H17F6NO2/c1-32-17-5-2-4-15(12-17)20(31)13-18(14-7-9-16(10-8-14)22(24,25)26)21-19(23(27,28)29)6-3-11-30-21/h2-12,18H,13H2,1H3/t18-/m0/s1. The first-order valence-corrected chi connectivity index (χ1v) is 9.37. The van der Waals surface area contributed by atoms with Gasteiger partial charge in [-0.25, -0.2) is 0 Å². The van der Waals surface area contributed by atoms with Crippen LogP contribution in [0.5, 0.6) is 5.75 Å². The van der Waals surface area contributed by atoms with Crippen molar-refractivity contribution in [2.24, 2.45) is 0 Å². The third kappa shape index (κ3) is 5.27. The van der Waals surface area contributed by atoms with E-state index in [9.17, 15) is 31.1 Å². The number of hydrogen-bond donors (Lipinski definition) is 0. The van der Waals surface area contributed by atoms with Crippen molar-refractivity contribution in [3.05, 3.63) is 94.8 Å². The number of carbonyl (C=O) groups excluding carboxylic acids is 1. The zero-order valence-corrected chi connectivity index (χ0v) is 16.7. The number of methoxy groups -OCH3 is 1. The maximum Gasteiger partial charge on any atom is 0.418 e.